The van der Waals surface area contributed by atoms with Crippen molar-refractivity contribution in [2.45, 2.75) is 11.8 Å². The van der Waals surface area contributed by atoms with E-state index in [4.69, 9.17) is 0 Å². The number of hydrogen-bond donors (Lipinski definition) is 1. The number of hydrogen-bond acceptors (Lipinski definition) is 3. The summed E-state index contributed by atoms with van der Waals surface area (Å²) in [6.45, 7) is 1.25. The van der Waals surface area contributed by atoms with Gasteiger partial charge in [0.25, 0.3) is 0 Å². The first-order valence-corrected chi connectivity index (χ1v) is 4.29. The summed E-state index contributed by atoms with van der Waals surface area (Å²) in [7, 11) is 0. The number of thioether (sulfide) groups is 1. The minimum Gasteiger partial charge on any atom is -0.381 e. The van der Waals surface area contributed by atoms with E-state index in [1.165, 1.54) is 13.0 Å². The second-order valence-electron chi connectivity index (χ2n) is 2.31. The third-order valence-corrected chi connectivity index (χ3v) is 2.97. The number of fused-ring (bicyclic) bond motifs is 1. The summed E-state index contributed by atoms with van der Waals surface area (Å²) < 4.78 is 0. The zero-order chi connectivity index (χ0) is 6.10. The van der Waals surface area contributed by atoms with Crippen LogP contribution in [0.25, 0.3) is 0 Å². The maximum Gasteiger partial charge on any atom is 0.0780 e. The molecule has 1 saturated heterocycles. The highest BCUT2D eigenvalue weighted by molar-refractivity contribution is 7.99. The van der Waals surface area contributed by atoms with E-state index in [0.29, 0.717) is 0 Å². The summed E-state index contributed by atoms with van der Waals surface area (Å²) in [5, 5.41) is 3.96. The van der Waals surface area contributed by atoms with Gasteiger partial charge in [0.15, 0.2) is 0 Å². The maximum atomic E-state index is 3.19. The predicted octanol–water partition coefficient (Wildman–Crippen LogP) is 0.783. The van der Waals surface area contributed by atoms with Gasteiger partial charge in [-0.2, -0.15) is 0 Å². The molecule has 1 atom stereocenters. The predicted molar refractivity (Wildman–Crippen MR) is 39.8 cm³/mol. The molecule has 2 rings (SSSR count). The molecule has 1 N–H and O–H groups in total. The van der Waals surface area contributed by atoms with Gasteiger partial charge in [0.2, 0.25) is 0 Å². The average molecular weight is 142 g/mol. The van der Waals surface area contributed by atoms with Gasteiger partial charge in [-0.25, -0.2) is 0 Å². The Kier molecular flexibility index (Phi) is 1.30. The Morgan fingerprint density at radius 3 is 3.44 bits per heavy atom. The van der Waals surface area contributed by atoms with Crippen LogP contribution in [0.1, 0.15) is 6.42 Å². The second-order valence-corrected chi connectivity index (χ2v) is 3.48. The molecule has 0 aliphatic carbocycles. The van der Waals surface area contributed by atoms with Crippen LogP contribution in [0.15, 0.2) is 12.4 Å². The topological polar surface area (TPSA) is 15.3 Å². The maximum absolute atomic E-state index is 3.19. The summed E-state index contributed by atoms with van der Waals surface area (Å²) in [6.07, 6.45) is 5.54. The molecule has 0 amide bonds. The second kappa shape index (κ2) is 2.14. The van der Waals surface area contributed by atoms with Crippen molar-refractivity contribution < 1.29 is 0 Å². The molecule has 2 aliphatic rings. The van der Waals surface area contributed by atoms with Crippen molar-refractivity contribution in [1.82, 2.24) is 10.2 Å². The molecule has 2 heterocycles. The van der Waals surface area contributed by atoms with E-state index in [2.05, 4.69) is 16.4 Å². The van der Waals surface area contributed by atoms with Crippen LogP contribution in [-0.4, -0.2) is 22.7 Å². The number of nitrogens with one attached hydrogen (secondary N) is 1. The van der Waals surface area contributed by atoms with Crippen molar-refractivity contribution in [3.05, 3.63) is 12.4 Å². The van der Waals surface area contributed by atoms with Crippen molar-refractivity contribution in [3.63, 3.8) is 0 Å². The van der Waals surface area contributed by atoms with Crippen molar-refractivity contribution in [2.24, 2.45) is 0 Å². The van der Waals surface area contributed by atoms with E-state index in [-0.39, 0.29) is 0 Å². The molecular formula is C6H10N2S. The van der Waals surface area contributed by atoms with Crippen molar-refractivity contribution in [2.75, 3.05) is 12.4 Å². The third-order valence-electron chi connectivity index (χ3n) is 1.75. The first-order chi connectivity index (χ1) is 4.47. The van der Waals surface area contributed by atoms with Gasteiger partial charge < -0.3 is 10.2 Å². The number of nitrogens with zero attached hydrogens (tertiary/aromatic N) is 1. The Morgan fingerprint density at radius 1 is 1.67 bits per heavy atom. The van der Waals surface area contributed by atoms with E-state index < -0.39 is 0 Å². The Balaban J connectivity index is 2.02. The van der Waals surface area contributed by atoms with Crippen LogP contribution in [0.2, 0.25) is 0 Å². The first kappa shape index (κ1) is 5.47. The monoisotopic (exact) mass is 142 g/mol. The van der Waals surface area contributed by atoms with Gasteiger partial charge in [-0.05, 0) is 6.42 Å². The van der Waals surface area contributed by atoms with Crippen molar-refractivity contribution >= 4 is 11.8 Å². The molecule has 0 saturated carbocycles. The van der Waals surface area contributed by atoms with Crippen molar-refractivity contribution in [1.29, 1.82) is 0 Å². The van der Waals surface area contributed by atoms with Gasteiger partial charge in [-0.15, -0.1) is 11.8 Å². The Labute approximate surface area is 59.3 Å². The highest BCUT2D eigenvalue weighted by Gasteiger charge is 2.25. The lowest BCUT2D eigenvalue weighted by Crippen LogP contribution is -2.40. The van der Waals surface area contributed by atoms with Gasteiger partial charge >= 0.3 is 0 Å². The van der Waals surface area contributed by atoms with Crippen LogP contribution in [0.5, 0.6) is 0 Å². The molecule has 9 heavy (non-hydrogen) atoms. The van der Waals surface area contributed by atoms with Gasteiger partial charge in [0.05, 0.1) is 11.3 Å². The SMILES string of the molecule is C1=CN2CCC2SCN1. The molecule has 0 aromatic heterocycles. The van der Waals surface area contributed by atoms with Crippen LogP contribution in [0.4, 0.5) is 0 Å². The molecule has 3 heteroatoms. The van der Waals surface area contributed by atoms with E-state index in [9.17, 15) is 0 Å². The zero-order valence-electron chi connectivity index (χ0n) is 5.21. The van der Waals surface area contributed by atoms with Gasteiger partial charge in [-0.3, -0.25) is 0 Å². The molecule has 0 radical (unpaired) electrons. The fraction of sp³-hybridized carbons (Fsp3) is 0.667. The molecule has 0 aromatic rings. The number of rotatable bonds is 0. The molecule has 2 nitrogen and oxygen atoms in total. The van der Waals surface area contributed by atoms with E-state index >= 15 is 0 Å². The molecule has 0 aromatic carbocycles. The largest absolute Gasteiger partial charge is 0.381 e. The smallest absolute Gasteiger partial charge is 0.0780 e. The summed E-state index contributed by atoms with van der Waals surface area (Å²) in [5.41, 5.74) is 0. The fourth-order valence-electron chi connectivity index (χ4n) is 1.07. The van der Waals surface area contributed by atoms with E-state index in [1.807, 2.05) is 18.0 Å². The van der Waals surface area contributed by atoms with Gasteiger partial charge in [0, 0.05) is 18.9 Å². The highest BCUT2D eigenvalue weighted by Crippen LogP contribution is 2.28. The lowest BCUT2D eigenvalue weighted by molar-refractivity contribution is 0.233. The standard InChI is InChI=1S/C6H10N2S/c1-3-8-4-2-7-5-9-6(1)8/h2,4,6-7H,1,3,5H2. The Morgan fingerprint density at radius 2 is 2.67 bits per heavy atom. The third kappa shape index (κ3) is 0.894. The van der Waals surface area contributed by atoms with Crippen LogP contribution in [-0.2, 0) is 0 Å². The summed E-state index contributed by atoms with van der Waals surface area (Å²) in [4.78, 5) is 2.37. The molecule has 2 aliphatic heterocycles. The molecule has 0 bridgehead atoms. The zero-order valence-corrected chi connectivity index (χ0v) is 6.03. The first-order valence-electron chi connectivity index (χ1n) is 3.24. The Bertz CT molecular complexity index is 135. The summed E-state index contributed by atoms with van der Waals surface area (Å²) >= 11 is 1.99. The van der Waals surface area contributed by atoms with Crippen LogP contribution < -0.4 is 5.32 Å². The molecule has 50 valence electrons. The molecule has 1 unspecified atom stereocenters. The minimum absolute atomic E-state index is 0.774. The highest BCUT2D eigenvalue weighted by atomic mass is 32.2. The van der Waals surface area contributed by atoms with Gasteiger partial charge in [0.1, 0.15) is 0 Å². The minimum atomic E-state index is 0.774. The van der Waals surface area contributed by atoms with E-state index in [0.717, 1.165) is 11.3 Å². The average Bonchev–Trinajstić information content (AvgIpc) is 1.94. The quantitative estimate of drug-likeness (QED) is 0.538. The van der Waals surface area contributed by atoms with Crippen LogP contribution in [0.3, 0.4) is 0 Å². The summed E-state index contributed by atoms with van der Waals surface area (Å²) in [5.74, 6) is 1.07. The molecule has 1 fully saturated rings. The summed E-state index contributed by atoms with van der Waals surface area (Å²) in [6, 6.07) is 0. The lowest BCUT2D eigenvalue weighted by atomic mass is 10.2. The lowest BCUT2D eigenvalue weighted by Gasteiger charge is -2.38. The van der Waals surface area contributed by atoms with Gasteiger partial charge in [-0.1, -0.05) is 0 Å². The Hall–Kier alpha value is -0.310. The van der Waals surface area contributed by atoms with Crippen molar-refractivity contribution in [3.8, 4) is 0 Å². The van der Waals surface area contributed by atoms with Crippen LogP contribution in [0, 0.1) is 0 Å². The normalized spacial score (nSPS) is 32.0. The van der Waals surface area contributed by atoms with E-state index in [1.54, 1.807) is 0 Å². The molecule has 0 spiro atoms. The van der Waals surface area contributed by atoms with Crippen LogP contribution >= 0.6 is 11.8 Å². The molecular weight excluding hydrogens is 132 g/mol. The fourth-order valence-corrected chi connectivity index (χ4v) is 2.10.